The Hall–Kier alpha value is -1.06. The quantitative estimate of drug-likeness (QED) is 0.643. The lowest BCUT2D eigenvalue weighted by Gasteiger charge is -2.25. The maximum Gasteiger partial charge on any atom is 0.307 e. The Balaban J connectivity index is 4.31. The summed E-state index contributed by atoms with van der Waals surface area (Å²) in [6.45, 7) is 9.32. The lowest BCUT2D eigenvalue weighted by molar-refractivity contribution is -0.142. The van der Waals surface area contributed by atoms with Crippen molar-refractivity contribution in [3.05, 3.63) is 0 Å². The summed E-state index contributed by atoms with van der Waals surface area (Å²) in [7, 11) is 1.37. The second kappa shape index (κ2) is 8.09. The van der Waals surface area contributed by atoms with E-state index in [1.165, 1.54) is 7.11 Å². The highest BCUT2D eigenvalue weighted by Crippen LogP contribution is 2.08. The van der Waals surface area contributed by atoms with Crippen LogP contribution < -0.4 is 0 Å². The Morgan fingerprint density at radius 2 is 1.71 bits per heavy atom. The first-order chi connectivity index (χ1) is 7.86. The Morgan fingerprint density at radius 1 is 1.12 bits per heavy atom. The third-order valence-electron chi connectivity index (χ3n) is 2.33. The van der Waals surface area contributed by atoms with E-state index in [0.29, 0.717) is 31.3 Å². The van der Waals surface area contributed by atoms with Crippen LogP contribution in [0, 0.1) is 11.8 Å². The fourth-order valence-electron chi connectivity index (χ4n) is 1.57. The lowest BCUT2D eigenvalue weighted by Crippen LogP contribution is -2.36. The smallest absolute Gasteiger partial charge is 0.307 e. The molecular weight excluding hydrogens is 218 g/mol. The second-order valence-corrected chi connectivity index (χ2v) is 5.16. The monoisotopic (exact) mass is 243 g/mol. The van der Waals surface area contributed by atoms with E-state index in [4.69, 9.17) is 0 Å². The highest BCUT2D eigenvalue weighted by atomic mass is 16.5. The molecule has 0 saturated heterocycles. The highest BCUT2D eigenvalue weighted by Gasteiger charge is 2.17. The van der Waals surface area contributed by atoms with E-state index >= 15 is 0 Å². The van der Waals surface area contributed by atoms with Gasteiger partial charge in [-0.25, -0.2) is 0 Å². The van der Waals surface area contributed by atoms with Gasteiger partial charge < -0.3 is 9.64 Å². The van der Waals surface area contributed by atoms with Gasteiger partial charge in [0.1, 0.15) is 0 Å². The molecule has 100 valence electrons. The van der Waals surface area contributed by atoms with Gasteiger partial charge in [-0.3, -0.25) is 9.59 Å². The number of methoxy groups -OCH3 is 1. The number of esters is 1. The number of hydrogen-bond acceptors (Lipinski definition) is 3. The summed E-state index contributed by atoms with van der Waals surface area (Å²) in [5.74, 6) is 0.604. The molecular formula is C13H25NO3. The van der Waals surface area contributed by atoms with Crippen LogP contribution in [0.5, 0.6) is 0 Å². The summed E-state index contributed by atoms with van der Waals surface area (Å²) < 4.78 is 4.59. The van der Waals surface area contributed by atoms with Crippen LogP contribution in [0.1, 0.15) is 40.5 Å². The summed E-state index contributed by atoms with van der Waals surface area (Å²) in [5, 5.41) is 0. The summed E-state index contributed by atoms with van der Waals surface area (Å²) in [6, 6.07) is 0. The molecule has 0 radical (unpaired) electrons. The third kappa shape index (κ3) is 7.77. The van der Waals surface area contributed by atoms with Gasteiger partial charge in [0.15, 0.2) is 0 Å². The normalized spacial score (nSPS) is 10.8. The molecule has 0 aromatic rings. The molecule has 0 aliphatic carbocycles. The van der Waals surface area contributed by atoms with Gasteiger partial charge in [0, 0.05) is 19.5 Å². The van der Waals surface area contributed by atoms with Crippen LogP contribution in [0.15, 0.2) is 0 Å². The van der Waals surface area contributed by atoms with Gasteiger partial charge in [0.25, 0.3) is 0 Å². The van der Waals surface area contributed by atoms with E-state index in [-0.39, 0.29) is 18.3 Å². The molecule has 0 rings (SSSR count). The molecule has 0 heterocycles. The van der Waals surface area contributed by atoms with Crippen molar-refractivity contribution in [2.75, 3.05) is 20.2 Å². The predicted octanol–water partition coefficient (Wildman–Crippen LogP) is 2.08. The minimum absolute atomic E-state index is 0.123. The summed E-state index contributed by atoms with van der Waals surface area (Å²) in [4.78, 5) is 24.8. The number of nitrogens with zero attached hydrogens (tertiary/aromatic N) is 1. The average Bonchev–Trinajstić information content (AvgIpc) is 2.21. The number of carbonyl (C=O) groups is 2. The largest absolute Gasteiger partial charge is 0.469 e. The van der Waals surface area contributed by atoms with E-state index in [1.54, 1.807) is 4.90 Å². The Bertz CT molecular complexity index is 249. The number of amides is 1. The maximum absolute atomic E-state index is 12.0. The average molecular weight is 243 g/mol. The number of ether oxygens (including phenoxy) is 1. The Labute approximate surface area is 104 Å². The van der Waals surface area contributed by atoms with E-state index in [1.807, 2.05) is 13.8 Å². The van der Waals surface area contributed by atoms with Gasteiger partial charge in [-0.2, -0.15) is 0 Å². The van der Waals surface area contributed by atoms with Crippen molar-refractivity contribution in [2.45, 2.75) is 40.5 Å². The van der Waals surface area contributed by atoms with E-state index in [9.17, 15) is 9.59 Å². The molecule has 4 nitrogen and oxygen atoms in total. The zero-order valence-electron chi connectivity index (χ0n) is 11.7. The van der Waals surface area contributed by atoms with Crippen molar-refractivity contribution < 1.29 is 14.3 Å². The predicted molar refractivity (Wildman–Crippen MR) is 67.5 cm³/mol. The first kappa shape index (κ1) is 15.9. The van der Waals surface area contributed by atoms with E-state index in [2.05, 4.69) is 18.6 Å². The number of carbonyl (C=O) groups excluding carboxylic acids is 2. The van der Waals surface area contributed by atoms with Gasteiger partial charge >= 0.3 is 5.97 Å². The van der Waals surface area contributed by atoms with Crippen LogP contribution in [-0.2, 0) is 14.3 Å². The molecule has 0 atom stereocenters. The highest BCUT2D eigenvalue weighted by molar-refractivity contribution is 5.77. The molecule has 0 aromatic heterocycles. The first-order valence-corrected chi connectivity index (χ1v) is 6.21. The fraction of sp³-hybridized carbons (Fsp3) is 0.846. The molecule has 17 heavy (non-hydrogen) atoms. The van der Waals surface area contributed by atoms with Crippen molar-refractivity contribution in [2.24, 2.45) is 11.8 Å². The summed E-state index contributed by atoms with van der Waals surface area (Å²) in [5.41, 5.74) is 0. The van der Waals surface area contributed by atoms with Crippen LogP contribution >= 0.6 is 0 Å². The van der Waals surface area contributed by atoms with Crippen molar-refractivity contribution in [1.29, 1.82) is 0 Å². The summed E-state index contributed by atoms with van der Waals surface area (Å²) >= 11 is 0. The topological polar surface area (TPSA) is 46.6 Å². The van der Waals surface area contributed by atoms with Gasteiger partial charge in [0.05, 0.1) is 13.5 Å². The minimum atomic E-state index is -0.267. The first-order valence-electron chi connectivity index (χ1n) is 6.21. The summed E-state index contributed by atoms with van der Waals surface area (Å²) in [6.07, 6.45) is 0.806. The van der Waals surface area contributed by atoms with E-state index < -0.39 is 0 Å². The number of rotatable bonds is 7. The molecule has 0 aliphatic rings. The molecule has 0 unspecified atom stereocenters. The molecule has 0 fully saturated rings. The van der Waals surface area contributed by atoms with E-state index in [0.717, 1.165) is 0 Å². The van der Waals surface area contributed by atoms with Crippen LogP contribution in [-0.4, -0.2) is 37.0 Å². The van der Waals surface area contributed by atoms with Gasteiger partial charge in [-0.05, 0) is 11.8 Å². The van der Waals surface area contributed by atoms with Crippen LogP contribution in [0.3, 0.4) is 0 Å². The standard InChI is InChI=1S/C13H25NO3/c1-10(2)8-12(15)14(9-11(3)4)7-6-13(16)17-5/h10-11H,6-9H2,1-5H3. The molecule has 0 aliphatic heterocycles. The van der Waals surface area contributed by atoms with Crippen molar-refractivity contribution in [3.8, 4) is 0 Å². The van der Waals surface area contributed by atoms with Crippen molar-refractivity contribution >= 4 is 11.9 Å². The Morgan fingerprint density at radius 3 is 2.12 bits per heavy atom. The second-order valence-electron chi connectivity index (χ2n) is 5.16. The fourth-order valence-corrected chi connectivity index (χ4v) is 1.57. The van der Waals surface area contributed by atoms with Crippen molar-refractivity contribution in [1.82, 2.24) is 4.90 Å². The van der Waals surface area contributed by atoms with Gasteiger partial charge in [-0.15, -0.1) is 0 Å². The van der Waals surface area contributed by atoms with Crippen LogP contribution in [0.25, 0.3) is 0 Å². The van der Waals surface area contributed by atoms with Crippen LogP contribution in [0.4, 0.5) is 0 Å². The minimum Gasteiger partial charge on any atom is -0.469 e. The van der Waals surface area contributed by atoms with Gasteiger partial charge in [-0.1, -0.05) is 27.7 Å². The van der Waals surface area contributed by atoms with Crippen LogP contribution in [0.2, 0.25) is 0 Å². The molecule has 0 saturated carbocycles. The number of hydrogen-bond donors (Lipinski definition) is 0. The molecule has 0 spiro atoms. The lowest BCUT2D eigenvalue weighted by atomic mass is 10.1. The third-order valence-corrected chi connectivity index (χ3v) is 2.33. The zero-order valence-corrected chi connectivity index (χ0v) is 11.7. The molecule has 0 N–H and O–H groups in total. The zero-order chi connectivity index (χ0) is 13.4. The SMILES string of the molecule is COC(=O)CCN(CC(C)C)C(=O)CC(C)C. The Kier molecular flexibility index (Phi) is 7.59. The van der Waals surface area contributed by atoms with Crippen molar-refractivity contribution in [3.63, 3.8) is 0 Å². The molecule has 4 heteroatoms. The maximum atomic E-state index is 12.0. The van der Waals surface area contributed by atoms with Gasteiger partial charge in [0.2, 0.25) is 5.91 Å². The molecule has 0 aromatic carbocycles. The molecule has 1 amide bonds. The molecule has 0 bridgehead atoms.